The molecule has 0 aliphatic rings. The van der Waals surface area contributed by atoms with Gasteiger partial charge in [-0.1, -0.05) is 38.1 Å². The van der Waals surface area contributed by atoms with Crippen LogP contribution in [0.1, 0.15) is 30.9 Å². The van der Waals surface area contributed by atoms with Gasteiger partial charge in [0.05, 0.1) is 0 Å². The van der Waals surface area contributed by atoms with Gasteiger partial charge < -0.3 is 16.2 Å². The van der Waals surface area contributed by atoms with Crippen LogP contribution in [0.25, 0.3) is 0 Å². The normalized spacial score (nSPS) is 12.5. The summed E-state index contributed by atoms with van der Waals surface area (Å²) in [6, 6.07) is 8.36. The van der Waals surface area contributed by atoms with Crippen molar-refractivity contribution < 1.29 is 9.90 Å². The number of aliphatic hydroxyl groups excluding tert-OH is 1. The number of nitrogens with one attached hydrogen (secondary N) is 1. The Morgan fingerprint density at radius 3 is 2.44 bits per heavy atom. The van der Waals surface area contributed by atoms with Gasteiger partial charge in [0.2, 0.25) is 5.91 Å². The third-order valence-corrected chi connectivity index (χ3v) is 2.89. The maximum atomic E-state index is 11.3. The van der Waals surface area contributed by atoms with Crippen molar-refractivity contribution in [1.29, 1.82) is 0 Å². The van der Waals surface area contributed by atoms with Crippen molar-refractivity contribution in [1.82, 2.24) is 5.32 Å². The molecule has 1 atom stereocenters. The van der Waals surface area contributed by atoms with Gasteiger partial charge in [-0.25, -0.2) is 0 Å². The maximum Gasteiger partial charge on any atom is 0.250 e. The van der Waals surface area contributed by atoms with E-state index in [1.54, 1.807) is 0 Å². The number of rotatable bonds is 6. The molecule has 0 aromatic heterocycles. The Kier molecular flexibility index (Phi) is 5.82. The molecule has 0 saturated heterocycles. The van der Waals surface area contributed by atoms with Gasteiger partial charge in [0.25, 0.3) is 0 Å². The van der Waals surface area contributed by atoms with Crippen LogP contribution >= 0.6 is 0 Å². The van der Waals surface area contributed by atoms with Crippen molar-refractivity contribution in [2.24, 2.45) is 5.73 Å². The lowest BCUT2D eigenvalue weighted by molar-refractivity contribution is -0.128. The summed E-state index contributed by atoms with van der Waals surface area (Å²) in [5.74, 6) is 0.120. The fraction of sp³-hybridized carbons (Fsp3) is 0.500. The first kappa shape index (κ1) is 14.7. The second kappa shape index (κ2) is 7.13. The van der Waals surface area contributed by atoms with Crippen molar-refractivity contribution in [2.45, 2.75) is 32.3 Å². The Hall–Kier alpha value is -1.39. The fourth-order valence-corrected chi connectivity index (χ4v) is 1.62. The maximum absolute atomic E-state index is 11.3. The van der Waals surface area contributed by atoms with Crippen molar-refractivity contribution in [3.8, 4) is 0 Å². The average Bonchev–Trinajstić information content (AvgIpc) is 2.38. The Morgan fingerprint density at radius 2 is 1.94 bits per heavy atom. The SMILES string of the molecule is CC(C)c1ccc(CCNC(=O)C(O)CN)cc1. The Morgan fingerprint density at radius 1 is 1.33 bits per heavy atom. The standard InChI is InChI=1S/C14H22N2O2/c1-10(2)12-5-3-11(4-6-12)7-8-16-14(18)13(17)9-15/h3-6,10,13,17H,7-9,15H2,1-2H3,(H,16,18). The number of hydrogen-bond donors (Lipinski definition) is 3. The van der Waals surface area contributed by atoms with Gasteiger partial charge in [-0.15, -0.1) is 0 Å². The number of hydrogen-bond acceptors (Lipinski definition) is 3. The van der Waals surface area contributed by atoms with E-state index in [9.17, 15) is 9.90 Å². The molecule has 100 valence electrons. The van der Waals surface area contributed by atoms with Crippen LogP contribution in [0.2, 0.25) is 0 Å². The van der Waals surface area contributed by atoms with Gasteiger partial charge in [-0.05, 0) is 23.5 Å². The Balaban J connectivity index is 2.38. The van der Waals surface area contributed by atoms with Crippen LogP contribution in [0.3, 0.4) is 0 Å². The highest BCUT2D eigenvalue weighted by Crippen LogP contribution is 2.14. The molecule has 0 aliphatic heterocycles. The molecule has 1 unspecified atom stereocenters. The van der Waals surface area contributed by atoms with E-state index < -0.39 is 12.0 Å². The zero-order valence-electron chi connectivity index (χ0n) is 11.0. The van der Waals surface area contributed by atoms with E-state index in [1.165, 1.54) is 11.1 Å². The minimum Gasteiger partial charge on any atom is -0.382 e. The van der Waals surface area contributed by atoms with Gasteiger partial charge in [0, 0.05) is 13.1 Å². The summed E-state index contributed by atoms with van der Waals surface area (Å²) in [7, 11) is 0. The average molecular weight is 250 g/mol. The molecule has 0 heterocycles. The van der Waals surface area contributed by atoms with E-state index in [1.807, 2.05) is 0 Å². The zero-order chi connectivity index (χ0) is 13.5. The van der Waals surface area contributed by atoms with Crippen LogP contribution in [-0.4, -0.2) is 30.2 Å². The minimum atomic E-state index is -1.10. The molecule has 0 radical (unpaired) electrons. The molecular formula is C14H22N2O2. The number of nitrogens with two attached hydrogens (primary N) is 1. The molecule has 4 heteroatoms. The van der Waals surface area contributed by atoms with Crippen LogP contribution in [0.4, 0.5) is 0 Å². The largest absolute Gasteiger partial charge is 0.382 e. The first-order valence-electron chi connectivity index (χ1n) is 6.29. The highest BCUT2D eigenvalue weighted by Gasteiger charge is 2.11. The van der Waals surface area contributed by atoms with Gasteiger partial charge in [0.15, 0.2) is 0 Å². The van der Waals surface area contributed by atoms with E-state index in [-0.39, 0.29) is 6.54 Å². The van der Waals surface area contributed by atoms with Crippen molar-refractivity contribution in [2.75, 3.05) is 13.1 Å². The fourth-order valence-electron chi connectivity index (χ4n) is 1.62. The molecule has 4 N–H and O–H groups in total. The molecule has 1 aromatic carbocycles. The lowest BCUT2D eigenvalue weighted by Crippen LogP contribution is -2.39. The Bertz CT molecular complexity index is 374. The highest BCUT2D eigenvalue weighted by atomic mass is 16.3. The Labute approximate surface area is 108 Å². The van der Waals surface area contributed by atoms with Gasteiger partial charge in [-0.3, -0.25) is 4.79 Å². The third-order valence-electron chi connectivity index (χ3n) is 2.89. The molecule has 0 fully saturated rings. The van der Waals surface area contributed by atoms with Crippen LogP contribution < -0.4 is 11.1 Å². The second-order valence-corrected chi connectivity index (χ2v) is 4.69. The summed E-state index contributed by atoms with van der Waals surface area (Å²) < 4.78 is 0. The van der Waals surface area contributed by atoms with E-state index in [0.29, 0.717) is 12.5 Å². The topological polar surface area (TPSA) is 75.3 Å². The molecule has 0 bridgehead atoms. The molecule has 1 aromatic rings. The second-order valence-electron chi connectivity index (χ2n) is 4.69. The molecule has 4 nitrogen and oxygen atoms in total. The van der Waals surface area contributed by atoms with E-state index in [4.69, 9.17) is 5.73 Å². The predicted molar refractivity (Wildman–Crippen MR) is 72.3 cm³/mol. The first-order chi connectivity index (χ1) is 8.54. The predicted octanol–water partition coefficient (Wildman–Crippen LogP) is 0.788. The number of benzene rings is 1. The third kappa shape index (κ3) is 4.47. The van der Waals surface area contributed by atoms with E-state index in [2.05, 4.69) is 43.4 Å². The number of amides is 1. The smallest absolute Gasteiger partial charge is 0.250 e. The summed E-state index contributed by atoms with van der Waals surface area (Å²) >= 11 is 0. The lowest BCUT2D eigenvalue weighted by atomic mass is 10.0. The van der Waals surface area contributed by atoms with E-state index >= 15 is 0 Å². The molecule has 0 spiro atoms. The van der Waals surface area contributed by atoms with Crippen LogP contribution in [-0.2, 0) is 11.2 Å². The molecule has 18 heavy (non-hydrogen) atoms. The summed E-state index contributed by atoms with van der Waals surface area (Å²) in [6.45, 7) is 4.78. The van der Waals surface area contributed by atoms with Crippen LogP contribution in [0, 0.1) is 0 Å². The van der Waals surface area contributed by atoms with Crippen molar-refractivity contribution in [3.05, 3.63) is 35.4 Å². The minimum absolute atomic E-state index is 0.0467. The number of aliphatic hydroxyl groups is 1. The summed E-state index contributed by atoms with van der Waals surface area (Å²) in [6.07, 6.45) is -0.352. The summed E-state index contributed by atoms with van der Waals surface area (Å²) in [4.78, 5) is 11.3. The van der Waals surface area contributed by atoms with Gasteiger partial charge in [0.1, 0.15) is 6.10 Å². The highest BCUT2D eigenvalue weighted by molar-refractivity contribution is 5.80. The summed E-state index contributed by atoms with van der Waals surface area (Å²) in [5.41, 5.74) is 7.67. The van der Waals surface area contributed by atoms with E-state index in [0.717, 1.165) is 6.42 Å². The van der Waals surface area contributed by atoms with Crippen LogP contribution in [0.15, 0.2) is 24.3 Å². The van der Waals surface area contributed by atoms with Crippen molar-refractivity contribution >= 4 is 5.91 Å². The van der Waals surface area contributed by atoms with Gasteiger partial charge in [-0.2, -0.15) is 0 Å². The molecular weight excluding hydrogens is 228 g/mol. The molecule has 0 aliphatic carbocycles. The molecule has 1 amide bonds. The summed E-state index contributed by atoms with van der Waals surface area (Å²) in [5, 5.41) is 11.8. The van der Waals surface area contributed by atoms with Crippen molar-refractivity contribution in [3.63, 3.8) is 0 Å². The monoisotopic (exact) mass is 250 g/mol. The van der Waals surface area contributed by atoms with Gasteiger partial charge >= 0.3 is 0 Å². The zero-order valence-corrected chi connectivity index (χ0v) is 11.0. The number of carbonyl (C=O) groups is 1. The quantitative estimate of drug-likeness (QED) is 0.698. The first-order valence-corrected chi connectivity index (χ1v) is 6.29. The number of carbonyl (C=O) groups excluding carboxylic acids is 1. The van der Waals surface area contributed by atoms with Crippen LogP contribution in [0.5, 0.6) is 0 Å². The molecule has 1 rings (SSSR count). The lowest BCUT2D eigenvalue weighted by Gasteiger charge is -2.10. The molecule has 0 saturated carbocycles.